The van der Waals surface area contributed by atoms with E-state index in [0.29, 0.717) is 11.4 Å². The Morgan fingerprint density at radius 2 is 2.00 bits per heavy atom. The molecule has 2 heterocycles. The molecule has 3 aromatic rings. The van der Waals surface area contributed by atoms with Crippen LogP contribution in [0.2, 0.25) is 0 Å². The van der Waals surface area contributed by atoms with Gasteiger partial charge in [-0.15, -0.1) is 10.2 Å². The number of methoxy groups -OCH3 is 1. The highest BCUT2D eigenvalue weighted by Gasteiger charge is 2.10. The number of nitrogens with zero attached hydrogens (tertiary/aromatic N) is 4. The average molecular weight is 351 g/mol. The molecule has 2 aromatic heterocycles. The van der Waals surface area contributed by atoms with Gasteiger partial charge in [0.2, 0.25) is 5.88 Å². The van der Waals surface area contributed by atoms with Gasteiger partial charge in [-0.2, -0.15) is 5.10 Å². The van der Waals surface area contributed by atoms with Crippen molar-refractivity contribution >= 4 is 5.91 Å². The predicted octanol–water partition coefficient (Wildman–Crippen LogP) is 2.56. The quantitative estimate of drug-likeness (QED) is 0.707. The number of carbonyl (C=O) groups excluding carboxylic acids is 1. The fourth-order valence-electron chi connectivity index (χ4n) is 2.51. The summed E-state index contributed by atoms with van der Waals surface area (Å²) < 4.78 is 6.86. The van der Waals surface area contributed by atoms with Crippen molar-refractivity contribution in [1.29, 1.82) is 0 Å². The zero-order chi connectivity index (χ0) is 18.4. The molecule has 0 spiro atoms. The van der Waals surface area contributed by atoms with Gasteiger partial charge < -0.3 is 10.1 Å². The van der Waals surface area contributed by atoms with Crippen LogP contribution >= 0.6 is 0 Å². The minimum atomic E-state index is -0.0923. The number of nitrogens with one attached hydrogen (secondary N) is 1. The number of benzene rings is 1. The van der Waals surface area contributed by atoms with E-state index < -0.39 is 0 Å². The number of rotatable bonds is 7. The van der Waals surface area contributed by atoms with Gasteiger partial charge in [0.1, 0.15) is 0 Å². The van der Waals surface area contributed by atoms with Crippen molar-refractivity contribution in [3.63, 3.8) is 0 Å². The number of aromatic nitrogens is 4. The van der Waals surface area contributed by atoms with Crippen molar-refractivity contribution in [3.8, 4) is 17.1 Å². The van der Waals surface area contributed by atoms with Crippen molar-refractivity contribution in [3.05, 3.63) is 60.4 Å². The van der Waals surface area contributed by atoms with E-state index in [9.17, 15) is 4.79 Å². The van der Waals surface area contributed by atoms with E-state index in [1.165, 1.54) is 0 Å². The number of amides is 1. The third-order valence-electron chi connectivity index (χ3n) is 4.02. The summed E-state index contributed by atoms with van der Waals surface area (Å²) in [5.74, 6) is 0.374. The van der Waals surface area contributed by atoms with Crippen LogP contribution in [-0.2, 0) is 6.54 Å². The molecular weight excluding hydrogens is 330 g/mol. The highest BCUT2D eigenvalue weighted by Crippen LogP contribution is 2.18. The summed E-state index contributed by atoms with van der Waals surface area (Å²) in [6.07, 6.45) is 4.47. The number of aryl methyl sites for hydroxylation is 1. The van der Waals surface area contributed by atoms with Gasteiger partial charge in [0.25, 0.3) is 5.91 Å². The second-order valence-corrected chi connectivity index (χ2v) is 5.97. The zero-order valence-corrected chi connectivity index (χ0v) is 14.8. The lowest BCUT2D eigenvalue weighted by Crippen LogP contribution is -2.33. The molecule has 0 aliphatic carbocycles. The Bertz CT molecular complexity index is 829. The lowest BCUT2D eigenvalue weighted by atomic mass is 10.1. The summed E-state index contributed by atoms with van der Waals surface area (Å²) >= 11 is 0. The maximum Gasteiger partial charge on any atom is 0.251 e. The lowest BCUT2D eigenvalue weighted by molar-refractivity contribution is 0.0937. The van der Waals surface area contributed by atoms with Gasteiger partial charge in [0.05, 0.1) is 12.8 Å². The van der Waals surface area contributed by atoms with Gasteiger partial charge in [-0.25, -0.2) is 0 Å². The summed E-state index contributed by atoms with van der Waals surface area (Å²) in [4.78, 5) is 12.4. The fraction of sp³-hybridized carbons (Fsp3) is 0.263. The van der Waals surface area contributed by atoms with Gasteiger partial charge in [-0.1, -0.05) is 12.1 Å². The fourth-order valence-corrected chi connectivity index (χ4v) is 2.51. The average Bonchev–Trinajstić information content (AvgIpc) is 3.20. The lowest BCUT2D eigenvalue weighted by Gasteiger charge is -2.14. The summed E-state index contributed by atoms with van der Waals surface area (Å²) in [7, 11) is 1.55. The molecule has 134 valence electrons. The topological polar surface area (TPSA) is 81.9 Å². The SMILES string of the molecule is COc1ccc(-c2ccc(C(=O)NC(C)CCn3cccn3)cc2)nn1. The Kier molecular flexibility index (Phi) is 5.58. The first kappa shape index (κ1) is 17.6. The largest absolute Gasteiger partial charge is 0.480 e. The Labute approximate surface area is 152 Å². The van der Waals surface area contributed by atoms with Crippen LogP contribution in [-0.4, -0.2) is 39.0 Å². The molecule has 3 rings (SSSR count). The van der Waals surface area contributed by atoms with E-state index in [0.717, 1.165) is 24.2 Å². The summed E-state index contributed by atoms with van der Waals surface area (Å²) in [6, 6.07) is 12.8. The van der Waals surface area contributed by atoms with Crippen LogP contribution in [0.1, 0.15) is 23.7 Å². The molecule has 0 aliphatic rings. The molecule has 1 unspecified atom stereocenters. The number of carbonyl (C=O) groups is 1. The molecule has 0 saturated heterocycles. The van der Waals surface area contributed by atoms with Crippen LogP contribution < -0.4 is 10.1 Å². The van der Waals surface area contributed by atoms with Gasteiger partial charge in [0, 0.05) is 42.2 Å². The second kappa shape index (κ2) is 8.24. The van der Waals surface area contributed by atoms with Crippen molar-refractivity contribution in [1.82, 2.24) is 25.3 Å². The van der Waals surface area contributed by atoms with Crippen molar-refractivity contribution < 1.29 is 9.53 Å². The molecule has 0 radical (unpaired) electrons. The zero-order valence-electron chi connectivity index (χ0n) is 14.8. The molecule has 0 bridgehead atoms. The molecule has 7 nitrogen and oxygen atoms in total. The normalized spacial score (nSPS) is 11.8. The maximum absolute atomic E-state index is 12.4. The molecule has 0 fully saturated rings. The third-order valence-corrected chi connectivity index (χ3v) is 4.02. The molecular formula is C19H21N5O2. The number of ether oxygens (including phenoxy) is 1. The molecule has 1 N–H and O–H groups in total. The van der Waals surface area contributed by atoms with E-state index in [1.807, 2.05) is 42.1 Å². The summed E-state index contributed by atoms with van der Waals surface area (Å²) in [6.45, 7) is 2.76. The summed E-state index contributed by atoms with van der Waals surface area (Å²) in [5.41, 5.74) is 2.23. The first-order valence-electron chi connectivity index (χ1n) is 8.42. The van der Waals surface area contributed by atoms with E-state index in [-0.39, 0.29) is 11.9 Å². The smallest absolute Gasteiger partial charge is 0.251 e. The van der Waals surface area contributed by atoms with Crippen LogP contribution in [0, 0.1) is 0 Å². The van der Waals surface area contributed by atoms with Crippen LogP contribution in [0.15, 0.2) is 54.9 Å². The van der Waals surface area contributed by atoms with Crippen molar-refractivity contribution in [2.24, 2.45) is 0 Å². The Morgan fingerprint density at radius 1 is 1.19 bits per heavy atom. The Morgan fingerprint density at radius 3 is 2.62 bits per heavy atom. The van der Waals surface area contributed by atoms with Crippen LogP contribution in [0.25, 0.3) is 11.3 Å². The van der Waals surface area contributed by atoms with Crippen molar-refractivity contribution in [2.75, 3.05) is 7.11 Å². The Balaban J connectivity index is 1.57. The maximum atomic E-state index is 12.4. The third kappa shape index (κ3) is 4.44. The minimum Gasteiger partial charge on any atom is -0.480 e. The van der Waals surface area contributed by atoms with E-state index in [4.69, 9.17) is 4.74 Å². The molecule has 1 amide bonds. The number of hydrogen-bond donors (Lipinski definition) is 1. The van der Waals surface area contributed by atoms with Gasteiger partial charge in [0.15, 0.2) is 0 Å². The molecule has 0 saturated carbocycles. The van der Waals surface area contributed by atoms with Gasteiger partial charge in [-0.3, -0.25) is 9.48 Å². The summed E-state index contributed by atoms with van der Waals surface area (Å²) in [5, 5.41) is 15.2. The van der Waals surface area contributed by atoms with Crippen LogP contribution in [0.4, 0.5) is 0 Å². The molecule has 1 atom stereocenters. The van der Waals surface area contributed by atoms with Crippen LogP contribution in [0.5, 0.6) is 5.88 Å². The molecule has 26 heavy (non-hydrogen) atoms. The highest BCUT2D eigenvalue weighted by molar-refractivity contribution is 5.94. The molecule has 0 aliphatic heterocycles. The predicted molar refractivity (Wildman–Crippen MR) is 97.8 cm³/mol. The monoisotopic (exact) mass is 351 g/mol. The molecule has 1 aromatic carbocycles. The van der Waals surface area contributed by atoms with Crippen molar-refractivity contribution in [2.45, 2.75) is 25.9 Å². The minimum absolute atomic E-state index is 0.0545. The molecule has 7 heteroatoms. The number of hydrogen-bond acceptors (Lipinski definition) is 5. The first-order valence-corrected chi connectivity index (χ1v) is 8.42. The Hall–Kier alpha value is -3.22. The standard InChI is InChI=1S/C19H21N5O2/c1-14(10-13-24-12-3-11-20-24)21-19(25)16-6-4-15(5-7-16)17-8-9-18(26-2)23-22-17/h3-9,11-12,14H,10,13H2,1-2H3,(H,21,25). The van der Waals surface area contributed by atoms with E-state index >= 15 is 0 Å². The van der Waals surface area contributed by atoms with E-state index in [1.54, 1.807) is 31.5 Å². The van der Waals surface area contributed by atoms with Gasteiger partial charge >= 0.3 is 0 Å². The van der Waals surface area contributed by atoms with Crippen LogP contribution in [0.3, 0.4) is 0 Å². The van der Waals surface area contributed by atoms with Gasteiger partial charge in [-0.05, 0) is 37.6 Å². The first-order chi connectivity index (χ1) is 12.7. The highest BCUT2D eigenvalue weighted by atomic mass is 16.5. The second-order valence-electron chi connectivity index (χ2n) is 5.97. The van der Waals surface area contributed by atoms with E-state index in [2.05, 4.69) is 20.6 Å².